The monoisotopic (exact) mass is 158 g/mol. The van der Waals surface area contributed by atoms with Gasteiger partial charge in [-0.15, -0.1) is 0 Å². The Balaban J connectivity index is 2.05. The quantitative estimate of drug-likeness (QED) is 0.626. The van der Waals surface area contributed by atoms with Crippen LogP contribution in [0.3, 0.4) is 0 Å². The molecule has 0 atom stereocenters. The first-order chi connectivity index (χ1) is 5.29. The summed E-state index contributed by atoms with van der Waals surface area (Å²) in [5, 5.41) is 0. The summed E-state index contributed by atoms with van der Waals surface area (Å²) in [6, 6.07) is 0. The third kappa shape index (κ3) is 3.73. The van der Waals surface area contributed by atoms with E-state index in [9.17, 15) is 0 Å². The Morgan fingerprint density at radius 3 is 2.45 bits per heavy atom. The minimum atomic E-state index is 0.0890. The molecule has 2 heteroatoms. The summed E-state index contributed by atoms with van der Waals surface area (Å²) in [5.41, 5.74) is 0. The Bertz CT molecular complexity index is 95.7. The minimum absolute atomic E-state index is 0.0890. The molecule has 1 fully saturated rings. The molecule has 0 radical (unpaired) electrons. The van der Waals surface area contributed by atoms with Crippen LogP contribution in [0.15, 0.2) is 0 Å². The molecule has 66 valence electrons. The standard InChI is InChI=1S/C9H18O2/c1-8(2)4-5-9-10-6-3-7-11-9/h8-9H,3-7H2,1-2H3. The van der Waals surface area contributed by atoms with Crippen molar-refractivity contribution in [3.05, 3.63) is 0 Å². The van der Waals surface area contributed by atoms with Crippen molar-refractivity contribution in [1.29, 1.82) is 0 Å². The first kappa shape index (κ1) is 9.01. The van der Waals surface area contributed by atoms with Crippen molar-refractivity contribution in [2.75, 3.05) is 13.2 Å². The molecule has 1 saturated heterocycles. The van der Waals surface area contributed by atoms with E-state index in [2.05, 4.69) is 13.8 Å². The van der Waals surface area contributed by atoms with E-state index in [1.54, 1.807) is 0 Å². The third-order valence-electron chi connectivity index (χ3n) is 1.88. The maximum Gasteiger partial charge on any atom is 0.157 e. The highest BCUT2D eigenvalue weighted by atomic mass is 16.7. The largest absolute Gasteiger partial charge is 0.353 e. The van der Waals surface area contributed by atoms with Gasteiger partial charge >= 0.3 is 0 Å². The first-order valence-electron chi connectivity index (χ1n) is 4.52. The summed E-state index contributed by atoms with van der Waals surface area (Å²) in [7, 11) is 0. The molecule has 1 rings (SSSR count). The van der Waals surface area contributed by atoms with E-state index in [0.717, 1.165) is 32.0 Å². The SMILES string of the molecule is CC(C)CCC1OCCCO1. The Labute approximate surface area is 68.9 Å². The zero-order chi connectivity index (χ0) is 8.10. The molecule has 0 saturated carbocycles. The van der Waals surface area contributed by atoms with Gasteiger partial charge in [0.05, 0.1) is 13.2 Å². The van der Waals surface area contributed by atoms with Crippen LogP contribution in [0.2, 0.25) is 0 Å². The van der Waals surface area contributed by atoms with Crippen molar-refractivity contribution < 1.29 is 9.47 Å². The molecule has 1 heterocycles. The van der Waals surface area contributed by atoms with Crippen LogP contribution in [0.1, 0.15) is 33.1 Å². The summed E-state index contributed by atoms with van der Waals surface area (Å²) >= 11 is 0. The zero-order valence-corrected chi connectivity index (χ0v) is 7.51. The fraction of sp³-hybridized carbons (Fsp3) is 1.00. The van der Waals surface area contributed by atoms with Gasteiger partial charge in [-0.2, -0.15) is 0 Å². The fourth-order valence-corrected chi connectivity index (χ4v) is 1.17. The van der Waals surface area contributed by atoms with E-state index in [-0.39, 0.29) is 6.29 Å². The van der Waals surface area contributed by atoms with Gasteiger partial charge in [0.2, 0.25) is 0 Å². The lowest BCUT2D eigenvalue weighted by Crippen LogP contribution is -2.24. The molecular formula is C9H18O2. The summed E-state index contributed by atoms with van der Waals surface area (Å²) in [4.78, 5) is 0. The maximum absolute atomic E-state index is 5.41. The number of rotatable bonds is 3. The molecule has 1 aliphatic rings. The molecule has 1 aliphatic heterocycles. The Morgan fingerprint density at radius 1 is 1.27 bits per heavy atom. The predicted molar refractivity (Wildman–Crippen MR) is 44.4 cm³/mol. The molecule has 2 nitrogen and oxygen atoms in total. The molecule has 0 aromatic carbocycles. The van der Waals surface area contributed by atoms with Crippen LogP contribution in [0.4, 0.5) is 0 Å². The predicted octanol–water partition coefficient (Wildman–Crippen LogP) is 2.19. The van der Waals surface area contributed by atoms with Crippen LogP contribution in [-0.4, -0.2) is 19.5 Å². The van der Waals surface area contributed by atoms with E-state index in [0.29, 0.717) is 0 Å². The van der Waals surface area contributed by atoms with E-state index in [4.69, 9.17) is 9.47 Å². The van der Waals surface area contributed by atoms with Crippen molar-refractivity contribution in [3.63, 3.8) is 0 Å². The topological polar surface area (TPSA) is 18.5 Å². The van der Waals surface area contributed by atoms with Crippen molar-refractivity contribution in [1.82, 2.24) is 0 Å². The highest BCUT2D eigenvalue weighted by Gasteiger charge is 2.13. The van der Waals surface area contributed by atoms with Crippen molar-refractivity contribution in [2.45, 2.75) is 39.4 Å². The summed E-state index contributed by atoms with van der Waals surface area (Å²) in [6.45, 7) is 6.21. The molecule has 0 aromatic heterocycles. The first-order valence-corrected chi connectivity index (χ1v) is 4.52. The average molecular weight is 158 g/mol. The van der Waals surface area contributed by atoms with E-state index in [1.807, 2.05) is 0 Å². The molecule has 11 heavy (non-hydrogen) atoms. The molecule has 0 amide bonds. The van der Waals surface area contributed by atoms with Gasteiger partial charge < -0.3 is 9.47 Å². The molecule has 0 N–H and O–H groups in total. The van der Waals surface area contributed by atoms with Crippen LogP contribution in [0, 0.1) is 5.92 Å². The minimum Gasteiger partial charge on any atom is -0.353 e. The normalized spacial score (nSPS) is 21.0. The van der Waals surface area contributed by atoms with Crippen LogP contribution in [0.5, 0.6) is 0 Å². The summed E-state index contributed by atoms with van der Waals surface area (Å²) in [6.07, 6.45) is 3.40. The Morgan fingerprint density at radius 2 is 1.91 bits per heavy atom. The van der Waals surface area contributed by atoms with Crippen molar-refractivity contribution in [3.8, 4) is 0 Å². The lowest BCUT2D eigenvalue weighted by atomic mass is 10.1. The number of hydrogen-bond acceptors (Lipinski definition) is 2. The van der Waals surface area contributed by atoms with Gasteiger partial charge in [0.1, 0.15) is 0 Å². The van der Waals surface area contributed by atoms with Gasteiger partial charge in [0, 0.05) is 0 Å². The summed E-state index contributed by atoms with van der Waals surface area (Å²) < 4.78 is 10.8. The number of ether oxygens (including phenoxy) is 2. The van der Waals surface area contributed by atoms with Gasteiger partial charge in [0.15, 0.2) is 6.29 Å². The Kier molecular flexibility index (Phi) is 3.87. The zero-order valence-electron chi connectivity index (χ0n) is 7.51. The Hall–Kier alpha value is -0.0800. The third-order valence-corrected chi connectivity index (χ3v) is 1.88. The van der Waals surface area contributed by atoms with E-state index in [1.165, 1.54) is 6.42 Å². The maximum atomic E-state index is 5.41. The van der Waals surface area contributed by atoms with Gasteiger partial charge in [-0.3, -0.25) is 0 Å². The van der Waals surface area contributed by atoms with Gasteiger partial charge in [-0.25, -0.2) is 0 Å². The average Bonchev–Trinajstić information content (AvgIpc) is 2.03. The lowest BCUT2D eigenvalue weighted by Gasteiger charge is -2.23. The lowest BCUT2D eigenvalue weighted by molar-refractivity contribution is -0.182. The van der Waals surface area contributed by atoms with Gasteiger partial charge in [-0.05, 0) is 25.2 Å². The van der Waals surface area contributed by atoms with Gasteiger partial charge in [-0.1, -0.05) is 13.8 Å². The highest BCUT2D eigenvalue weighted by molar-refractivity contribution is 4.54. The fourth-order valence-electron chi connectivity index (χ4n) is 1.17. The molecular weight excluding hydrogens is 140 g/mol. The van der Waals surface area contributed by atoms with E-state index < -0.39 is 0 Å². The second-order valence-corrected chi connectivity index (χ2v) is 3.50. The van der Waals surface area contributed by atoms with Crippen molar-refractivity contribution >= 4 is 0 Å². The molecule has 0 aliphatic carbocycles. The molecule has 0 aromatic rings. The molecule has 0 unspecified atom stereocenters. The van der Waals surface area contributed by atoms with E-state index >= 15 is 0 Å². The van der Waals surface area contributed by atoms with Crippen LogP contribution < -0.4 is 0 Å². The molecule has 0 spiro atoms. The van der Waals surface area contributed by atoms with Gasteiger partial charge in [0.25, 0.3) is 0 Å². The summed E-state index contributed by atoms with van der Waals surface area (Å²) in [5.74, 6) is 0.754. The van der Waals surface area contributed by atoms with Crippen LogP contribution >= 0.6 is 0 Å². The number of hydrogen-bond donors (Lipinski definition) is 0. The second kappa shape index (κ2) is 4.73. The van der Waals surface area contributed by atoms with Crippen molar-refractivity contribution in [2.24, 2.45) is 5.92 Å². The van der Waals surface area contributed by atoms with Crippen LogP contribution in [0.25, 0.3) is 0 Å². The smallest absolute Gasteiger partial charge is 0.157 e. The highest BCUT2D eigenvalue weighted by Crippen LogP contribution is 2.13. The second-order valence-electron chi connectivity index (χ2n) is 3.50. The van der Waals surface area contributed by atoms with Crippen LogP contribution in [-0.2, 0) is 9.47 Å². The molecule has 0 bridgehead atoms.